The highest BCUT2D eigenvalue weighted by atomic mass is 16.5. The first-order chi connectivity index (χ1) is 8.79. The first kappa shape index (κ1) is 11.1. The maximum atomic E-state index is 12.0. The summed E-state index contributed by atoms with van der Waals surface area (Å²) in [7, 11) is 0. The fourth-order valence-electron chi connectivity index (χ4n) is 2.51. The van der Waals surface area contributed by atoms with E-state index in [2.05, 4.69) is 11.1 Å². The molecule has 0 amide bonds. The minimum Gasteiger partial charge on any atom is -0.381 e. The largest absolute Gasteiger partial charge is 0.381 e. The molecule has 1 aliphatic heterocycles. The Morgan fingerprint density at radius 3 is 2.89 bits per heavy atom. The van der Waals surface area contributed by atoms with Gasteiger partial charge in [0.2, 0.25) is 0 Å². The second-order valence-corrected chi connectivity index (χ2v) is 4.49. The van der Waals surface area contributed by atoms with Crippen molar-refractivity contribution in [3.8, 4) is 6.07 Å². The molecule has 2 aromatic rings. The van der Waals surface area contributed by atoms with Crippen LogP contribution in [0.15, 0.2) is 23.0 Å². The van der Waals surface area contributed by atoms with Gasteiger partial charge in [-0.15, -0.1) is 0 Å². The van der Waals surface area contributed by atoms with Gasteiger partial charge in [0.15, 0.2) is 0 Å². The molecule has 2 heterocycles. The summed E-state index contributed by atoms with van der Waals surface area (Å²) in [6.45, 7) is 1.39. The molecule has 0 atom stereocenters. The van der Waals surface area contributed by atoms with E-state index in [0.717, 1.165) is 23.9 Å². The lowest BCUT2D eigenvalue weighted by atomic mass is 10.1. The van der Waals surface area contributed by atoms with Crippen LogP contribution in [0, 0.1) is 11.3 Å². The van der Waals surface area contributed by atoms with Crippen molar-refractivity contribution < 1.29 is 4.74 Å². The van der Waals surface area contributed by atoms with Crippen LogP contribution in [0.5, 0.6) is 0 Å². The number of hydrogen-bond acceptors (Lipinski definition) is 3. The van der Waals surface area contributed by atoms with E-state index in [1.54, 1.807) is 16.7 Å². The molecule has 18 heavy (non-hydrogen) atoms. The molecule has 1 saturated heterocycles. The molecular formula is C13H13N3O2. The molecule has 92 valence electrons. The monoisotopic (exact) mass is 243 g/mol. The van der Waals surface area contributed by atoms with Crippen molar-refractivity contribution >= 4 is 11.0 Å². The van der Waals surface area contributed by atoms with Crippen LogP contribution in [0.2, 0.25) is 0 Å². The molecule has 1 aromatic carbocycles. The highest BCUT2D eigenvalue weighted by Crippen LogP contribution is 2.23. The Bertz CT molecular complexity index is 672. The SMILES string of the molecule is N#Cc1ccc2c(c1)[nH]c(=O)n2C1CCOCC1. The number of nitriles is 1. The van der Waals surface area contributed by atoms with E-state index >= 15 is 0 Å². The van der Waals surface area contributed by atoms with E-state index in [1.807, 2.05) is 6.07 Å². The fraction of sp³-hybridized carbons (Fsp3) is 0.385. The molecule has 1 N–H and O–H groups in total. The smallest absolute Gasteiger partial charge is 0.326 e. The Balaban J connectivity index is 2.14. The van der Waals surface area contributed by atoms with E-state index in [0.29, 0.717) is 18.8 Å². The van der Waals surface area contributed by atoms with E-state index in [-0.39, 0.29) is 11.7 Å². The minimum absolute atomic E-state index is 0.105. The summed E-state index contributed by atoms with van der Waals surface area (Å²) in [6.07, 6.45) is 1.71. The van der Waals surface area contributed by atoms with Gasteiger partial charge in [0.25, 0.3) is 0 Å². The minimum atomic E-state index is -0.105. The van der Waals surface area contributed by atoms with Crippen LogP contribution in [0.25, 0.3) is 11.0 Å². The number of aromatic amines is 1. The summed E-state index contributed by atoms with van der Waals surface area (Å²) in [5, 5.41) is 8.86. The lowest BCUT2D eigenvalue weighted by molar-refractivity contribution is 0.0698. The second-order valence-electron chi connectivity index (χ2n) is 4.49. The van der Waals surface area contributed by atoms with Crippen molar-refractivity contribution in [2.24, 2.45) is 0 Å². The summed E-state index contributed by atoms with van der Waals surface area (Å²) in [4.78, 5) is 14.8. The lowest BCUT2D eigenvalue weighted by Crippen LogP contribution is -2.27. The lowest BCUT2D eigenvalue weighted by Gasteiger charge is -2.23. The zero-order valence-electron chi connectivity index (χ0n) is 9.85. The van der Waals surface area contributed by atoms with Crippen LogP contribution in [-0.4, -0.2) is 22.8 Å². The summed E-state index contributed by atoms with van der Waals surface area (Å²) >= 11 is 0. The van der Waals surface area contributed by atoms with Crippen LogP contribution in [-0.2, 0) is 4.74 Å². The summed E-state index contributed by atoms with van der Waals surface area (Å²) in [5.41, 5.74) is 2.05. The van der Waals surface area contributed by atoms with Gasteiger partial charge in [0.05, 0.1) is 22.7 Å². The highest BCUT2D eigenvalue weighted by Gasteiger charge is 2.20. The van der Waals surface area contributed by atoms with Gasteiger partial charge in [-0.3, -0.25) is 4.57 Å². The molecule has 0 spiro atoms. The van der Waals surface area contributed by atoms with Gasteiger partial charge in [-0.2, -0.15) is 5.26 Å². The molecule has 5 nitrogen and oxygen atoms in total. The Hall–Kier alpha value is -2.06. The number of benzene rings is 1. The molecule has 1 fully saturated rings. The van der Waals surface area contributed by atoms with Crippen LogP contribution in [0.1, 0.15) is 24.4 Å². The van der Waals surface area contributed by atoms with E-state index in [1.165, 1.54) is 0 Å². The third-order valence-electron chi connectivity index (χ3n) is 3.40. The third kappa shape index (κ3) is 1.71. The zero-order valence-corrected chi connectivity index (χ0v) is 9.85. The Morgan fingerprint density at radius 2 is 2.17 bits per heavy atom. The number of hydrogen-bond donors (Lipinski definition) is 1. The Labute approximate surface area is 104 Å². The quantitative estimate of drug-likeness (QED) is 0.826. The van der Waals surface area contributed by atoms with Gasteiger partial charge in [-0.05, 0) is 31.0 Å². The van der Waals surface area contributed by atoms with Gasteiger partial charge in [0.1, 0.15) is 0 Å². The predicted octanol–water partition coefficient (Wildman–Crippen LogP) is 1.55. The Morgan fingerprint density at radius 1 is 1.39 bits per heavy atom. The van der Waals surface area contributed by atoms with Crippen LogP contribution in [0.4, 0.5) is 0 Å². The number of rotatable bonds is 1. The Kier molecular flexibility index (Phi) is 2.65. The van der Waals surface area contributed by atoms with E-state index in [9.17, 15) is 4.79 Å². The number of aromatic nitrogens is 2. The maximum Gasteiger partial charge on any atom is 0.326 e. The van der Waals surface area contributed by atoms with Gasteiger partial charge in [-0.25, -0.2) is 4.79 Å². The van der Waals surface area contributed by atoms with E-state index in [4.69, 9.17) is 10.00 Å². The number of ether oxygens (including phenoxy) is 1. The number of nitrogens with zero attached hydrogens (tertiary/aromatic N) is 2. The van der Waals surface area contributed by atoms with Crippen molar-refractivity contribution in [3.05, 3.63) is 34.2 Å². The number of nitrogens with one attached hydrogen (secondary N) is 1. The molecule has 0 saturated carbocycles. The summed E-state index contributed by atoms with van der Waals surface area (Å²) in [5.74, 6) is 0. The zero-order chi connectivity index (χ0) is 12.5. The number of H-pyrrole nitrogens is 1. The molecule has 0 radical (unpaired) electrons. The molecule has 5 heteroatoms. The molecule has 1 aliphatic rings. The van der Waals surface area contributed by atoms with Crippen LogP contribution >= 0.6 is 0 Å². The van der Waals surface area contributed by atoms with Crippen molar-refractivity contribution in [3.63, 3.8) is 0 Å². The summed E-state index contributed by atoms with van der Waals surface area (Å²) in [6, 6.07) is 7.55. The number of imidazole rings is 1. The predicted molar refractivity (Wildman–Crippen MR) is 66.4 cm³/mol. The molecule has 1 aromatic heterocycles. The first-order valence-corrected chi connectivity index (χ1v) is 6.02. The average Bonchev–Trinajstić information content (AvgIpc) is 2.74. The third-order valence-corrected chi connectivity index (χ3v) is 3.40. The summed E-state index contributed by atoms with van der Waals surface area (Å²) < 4.78 is 7.11. The topological polar surface area (TPSA) is 70.8 Å². The highest BCUT2D eigenvalue weighted by molar-refractivity contribution is 5.77. The molecule has 0 bridgehead atoms. The van der Waals surface area contributed by atoms with E-state index < -0.39 is 0 Å². The molecule has 0 unspecified atom stereocenters. The standard InChI is InChI=1S/C13H13N3O2/c14-8-9-1-2-12-11(7-9)15-13(17)16(12)10-3-5-18-6-4-10/h1-2,7,10H,3-6H2,(H,15,17). The normalized spacial score (nSPS) is 16.8. The van der Waals surface area contributed by atoms with Crippen molar-refractivity contribution in [2.45, 2.75) is 18.9 Å². The fourth-order valence-corrected chi connectivity index (χ4v) is 2.51. The van der Waals surface area contributed by atoms with Gasteiger partial charge in [0, 0.05) is 19.3 Å². The van der Waals surface area contributed by atoms with Gasteiger partial charge < -0.3 is 9.72 Å². The van der Waals surface area contributed by atoms with Crippen LogP contribution in [0.3, 0.4) is 0 Å². The maximum absolute atomic E-state index is 12.0. The molecule has 0 aliphatic carbocycles. The average molecular weight is 243 g/mol. The first-order valence-electron chi connectivity index (χ1n) is 6.02. The van der Waals surface area contributed by atoms with Gasteiger partial charge in [-0.1, -0.05) is 0 Å². The van der Waals surface area contributed by atoms with Crippen LogP contribution < -0.4 is 5.69 Å². The van der Waals surface area contributed by atoms with Crippen molar-refractivity contribution in [1.82, 2.24) is 9.55 Å². The van der Waals surface area contributed by atoms with Crippen molar-refractivity contribution in [1.29, 1.82) is 5.26 Å². The van der Waals surface area contributed by atoms with Gasteiger partial charge >= 0.3 is 5.69 Å². The molecular weight excluding hydrogens is 230 g/mol. The number of fused-ring (bicyclic) bond motifs is 1. The van der Waals surface area contributed by atoms with Crippen molar-refractivity contribution in [2.75, 3.05) is 13.2 Å². The molecule has 3 rings (SSSR count). The second kappa shape index (κ2) is 4.31.